The summed E-state index contributed by atoms with van der Waals surface area (Å²) < 4.78 is 2.52. The second-order valence-corrected chi connectivity index (χ2v) is 12.1. The van der Waals surface area contributed by atoms with E-state index < -0.39 is 0 Å². The number of nitrogens with zero attached hydrogens (tertiary/aromatic N) is 2. The van der Waals surface area contributed by atoms with Crippen LogP contribution >= 0.6 is 0 Å². The second kappa shape index (κ2) is 24.2. The van der Waals surface area contributed by atoms with Crippen LogP contribution in [-0.4, -0.2) is 9.55 Å². The molecule has 0 aliphatic carbocycles. The average molecular weight is 537 g/mol. The molecular formula is C37H64N2. The van der Waals surface area contributed by atoms with E-state index in [4.69, 9.17) is 4.98 Å². The summed E-state index contributed by atoms with van der Waals surface area (Å²) in [5.74, 6) is 1.35. The van der Waals surface area contributed by atoms with Crippen LogP contribution in [0.5, 0.6) is 0 Å². The quantitative estimate of drug-likeness (QED) is 0.104. The lowest BCUT2D eigenvalue weighted by atomic mass is 10.0. The molecule has 1 heterocycles. The third kappa shape index (κ3) is 17.7. The molecule has 0 N–H and O–H groups in total. The standard InChI is InChI=1S/C37H64N2/c1-3-5-7-9-11-12-13-14-15-16-17-19-21-26-33-39-34-36(31-27-30-35-28-23-22-24-29-35)38-37(39)32-25-20-18-10-8-6-4-2/h22-24,28-29,34H,3-21,25-27,30-33H2,1-2H3. The fraction of sp³-hybridized carbons (Fsp3) is 0.757. The number of hydrogen-bond acceptors (Lipinski definition) is 1. The SMILES string of the molecule is CCCCCCCCCCCCCCCCn1cc(CCCc2ccccc2)nc1CCCCCCCCC. The Morgan fingerprint density at radius 3 is 1.51 bits per heavy atom. The van der Waals surface area contributed by atoms with Crippen molar-refractivity contribution >= 4 is 0 Å². The van der Waals surface area contributed by atoms with Crippen molar-refractivity contribution in [2.75, 3.05) is 0 Å². The third-order valence-corrected chi connectivity index (χ3v) is 8.41. The van der Waals surface area contributed by atoms with Gasteiger partial charge in [0.05, 0.1) is 5.69 Å². The minimum Gasteiger partial charge on any atom is -0.335 e. The number of aromatic nitrogens is 2. The van der Waals surface area contributed by atoms with E-state index in [9.17, 15) is 0 Å². The summed E-state index contributed by atoms with van der Waals surface area (Å²) in [5.41, 5.74) is 2.76. The smallest absolute Gasteiger partial charge is 0.108 e. The minimum atomic E-state index is 1.10. The molecule has 0 amide bonds. The van der Waals surface area contributed by atoms with Gasteiger partial charge in [-0.25, -0.2) is 4.98 Å². The van der Waals surface area contributed by atoms with Gasteiger partial charge in [0.25, 0.3) is 0 Å². The van der Waals surface area contributed by atoms with Crippen molar-refractivity contribution in [1.82, 2.24) is 9.55 Å². The molecule has 2 rings (SSSR count). The van der Waals surface area contributed by atoms with Crippen molar-refractivity contribution in [3.8, 4) is 0 Å². The van der Waals surface area contributed by atoms with Gasteiger partial charge in [-0.2, -0.15) is 0 Å². The molecule has 0 aliphatic heterocycles. The first-order chi connectivity index (χ1) is 19.3. The summed E-state index contributed by atoms with van der Waals surface area (Å²) in [6.45, 7) is 5.77. The molecule has 0 atom stereocenters. The van der Waals surface area contributed by atoms with E-state index in [1.165, 1.54) is 158 Å². The van der Waals surface area contributed by atoms with E-state index in [-0.39, 0.29) is 0 Å². The van der Waals surface area contributed by atoms with Gasteiger partial charge in [-0.05, 0) is 37.7 Å². The predicted octanol–water partition coefficient (Wildman–Crippen LogP) is 11.8. The van der Waals surface area contributed by atoms with Crippen LogP contribution in [0.3, 0.4) is 0 Å². The lowest BCUT2D eigenvalue weighted by molar-refractivity contribution is 0.516. The Hall–Kier alpha value is -1.57. The van der Waals surface area contributed by atoms with E-state index in [1.807, 2.05) is 0 Å². The van der Waals surface area contributed by atoms with Gasteiger partial charge in [-0.1, -0.05) is 166 Å². The van der Waals surface area contributed by atoms with Gasteiger partial charge in [0.1, 0.15) is 5.82 Å². The van der Waals surface area contributed by atoms with Crippen molar-refractivity contribution in [2.45, 2.75) is 181 Å². The van der Waals surface area contributed by atoms with Crippen LogP contribution in [-0.2, 0) is 25.8 Å². The molecule has 0 radical (unpaired) electrons. The molecule has 222 valence electrons. The van der Waals surface area contributed by atoms with Crippen LogP contribution in [0.4, 0.5) is 0 Å². The molecule has 2 aromatic rings. The van der Waals surface area contributed by atoms with Gasteiger partial charge in [0.15, 0.2) is 0 Å². The van der Waals surface area contributed by atoms with Gasteiger partial charge in [0, 0.05) is 19.2 Å². The number of imidazole rings is 1. The molecule has 2 nitrogen and oxygen atoms in total. The Balaban J connectivity index is 1.62. The molecular weight excluding hydrogens is 472 g/mol. The zero-order valence-corrected chi connectivity index (χ0v) is 26.2. The Bertz CT molecular complexity index is 778. The fourth-order valence-electron chi connectivity index (χ4n) is 5.86. The van der Waals surface area contributed by atoms with Crippen LogP contribution < -0.4 is 0 Å². The van der Waals surface area contributed by atoms with Crippen molar-refractivity contribution in [2.24, 2.45) is 0 Å². The molecule has 0 aliphatic rings. The zero-order valence-electron chi connectivity index (χ0n) is 26.2. The summed E-state index contributed by atoms with van der Waals surface area (Å²) in [6, 6.07) is 10.9. The predicted molar refractivity (Wildman–Crippen MR) is 173 cm³/mol. The van der Waals surface area contributed by atoms with Gasteiger partial charge >= 0.3 is 0 Å². The lowest BCUT2D eigenvalue weighted by Crippen LogP contribution is -2.03. The summed E-state index contributed by atoms with van der Waals surface area (Å²) in [4.78, 5) is 5.14. The molecule has 2 heteroatoms. The second-order valence-electron chi connectivity index (χ2n) is 12.1. The molecule has 0 saturated heterocycles. The number of aryl methyl sites for hydroxylation is 4. The van der Waals surface area contributed by atoms with Crippen molar-refractivity contribution in [3.63, 3.8) is 0 Å². The summed E-state index contributed by atoms with van der Waals surface area (Å²) in [6.07, 6.45) is 36.5. The topological polar surface area (TPSA) is 17.8 Å². The van der Waals surface area contributed by atoms with E-state index in [0.29, 0.717) is 0 Å². The average Bonchev–Trinajstić information content (AvgIpc) is 3.34. The van der Waals surface area contributed by atoms with Gasteiger partial charge < -0.3 is 4.57 Å². The van der Waals surface area contributed by atoms with Crippen LogP contribution in [0.15, 0.2) is 36.5 Å². The van der Waals surface area contributed by atoms with Gasteiger partial charge in [-0.3, -0.25) is 0 Å². The molecule has 1 aromatic carbocycles. The van der Waals surface area contributed by atoms with E-state index >= 15 is 0 Å². The van der Waals surface area contributed by atoms with Gasteiger partial charge in [-0.15, -0.1) is 0 Å². The van der Waals surface area contributed by atoms with E-state index in [2.05, 4.69) is 54.9 Å². The largest absolute Gasteiger partial charge is 0.335 e. The number of unbranched alkanes of at least 4 members (excludes halogenated alkanes) is 19. The maximum absolute atomic E-state index is 5.14. The monoisotopic (exact) mass is 537 g/mol. The molecule has 39 heavy (non-hydrogen) atoms. The Morgan fingerprint density at radius 2 is 0.974 bits per heavy atom. The first kappa shape index (κ1) is 33.6. The highest BCUT2D eigenvalue weighted by atomic mass is 15.1. The zero-order chi connectivity index (χ0) is 27.6. The van der Waals surface area contributed by atoms with Crippen LogP contribution in [0.1, 0.15) is 172 Å². The lowest BCUT2D eigenvalue weighted by Gasteiger charge is -2.08. The third-order valence-electron chi connectivity index (χ3n) is 8.41. The maximum Gasteiger partial charge on any atom is 0.108 e. The summed E-state index contributed by atoms with van der Waals surface area (Å²) >= 11 is 0. The molecule has 0 fully saturated rings. The molecule has 1 aromatic heterocycles. The molecule has 0 spiro atoms. The van der Waals surface area contributed by atoms with Crippen molar-refractivity contribution in [3.05, 3.63) is 53.6 Å². The maximum atomic E-state index is 5.14. The summed E-state index contributed by atoms with van der Waals surface area (Å²) in [7, 11) is 0. The van der Waals surface area contributed by atoms with Crippen LogP contribution in [0.25, 0.3) is 0 Å². The van der Waals surface area contributed by atoms with Crippen LogP contribution in [0, 0.1) is 0 Å². The van der Waals surface area contributed by atoms with E-state index in [0.717, 1.165) is 25.8 Å². The molecule has 0 unspecified atom stereocenters. The van der Waals surface area contributed by atoms with Crippen molar-refractivity contribution in [1.29, 1.82) is 0 Å². The fourth-order valence-corrected chi connectivity index (χ4v) is 5.86. The van der Waals surface area contributed by atoms with Crippen LogP contribution in [0.2, 0.25) is 0 Å². The highest BCUT2D eigenvalue weighted by molar-refractivity contribution is 5.15. The Labute approximate surface area is 243 Å². The number of rotatable bonds is 27. The van der Waals surface area contributed by atoms with Gasteiger partial charge in [0.2, 0.25) is 0 Å². The van der Waals surface area contributed by atoms with E-state index in [1.54, 1.807) is 0 Å². The first-order valence-electron chi connectivity index (χ1n) is 17.4. The Kier molecular flexibility index (Phi) is 20.9. The Morgan fingerprint density at radius 1 is 0.487 bits per heavy atom. The highest BCUT2D eigenvalue weighted by Gasteiger charge is 2.08. The molecule has 0 saturated carbocycles. The summed E-state index contributed by atoms with van der Waals surface area (Å²) in [5, 5.41) is 0. The number of benzene rings is 1. The highest BCUT2D eigenvalue weighted by Crippen LogP contribution is 2.16. The first-order valence-corrected chi connectivity index (χ1v) is 17.4. The van der Waals surface area contributed by atoms with Crippen molar-refractivity contribution < 1.29 is 0 Å². The normalized spacial score (nSPS) is 11.4. The molecule has 0 bridgehead atoms. The minimum absolute atomic E-state index is 1.10. The number of hydrogen-bond donors (Lipinski definition) is 0.